The summed E-state index contributed by atoms with van der Waals surface area (Å²) in [7, 11) is 0. The second-order valence-corrected chi connectivity index (χ2v) is 12.1. The molecule has 0 N–H and O–H groups in total. The van der Waals surface area contributed by atoms with Crippen LogP contribution in [0.5, 0.6) is 5.75 Å². The van der Waals surface area contributed by atoms with E-state index in [2.05, 4.69) is 51.1 Å². The summed E-state index contributed by atoms with van der Waals surface area (Å²) in [5, 5.41) is 0. The van der Waals surface area contributed by atoms with E-state index in [9.17, 15) is 9.59 Å². The molecule has 200 valence electrons. The van der Waals surface area contributed by atoms with E-state index in [1.807, 2.05) is 72.8 Å². The van der Waals surface area contributed by atoms with Crippen molar-refractivity contribution in [3.05, 3.63) is 122 Å². The van der Waals surface area contributed by atoms with Crippen LogP contribution in [0.15, 0.2) is 88.2 Å². The number of nitrogens with zero attached hydrogens (tertiary/aromatic N) is 2. The molecule has 0 saturated heterocycles. The quantitative estimate of drug-likeness (QED) is 0.148. The highest BCUT2D eigenvalue weighted by atomic mass is 127. The highest BCUT2D eigenvalue weighted by Gasteiger charge is 2.35. The number of terminal acetylenes is 1. The lowest BCUT2D eigenvalue weighted by Crippen LogP contribution is -2.40. The molecule has 1 aromatic heterocycles. The average Bonchev–Trinajstić information content (AvgIpc) is 3.27. The van der Waals surface area contributed by atoms with Crippen LogP contribution >= 0.6 is 56.5 Å². The third kappa shape index (κ3) is 5.66. The van der Waals surface area contributed by atoms with Crippen LogP contribution in [0.2, 0.25) is 0 Å². The lowest BCUT2D eigenvalue weighted by molar-refractivity contribution is -0.138. The van der Waals surface area contributed by atoms with Gasteiger partial charge in [-0.25, -0.2) is 9.79 Å². The van der Waals surface area contributed by atoms with Crippen LogP contribution < -0.4 is 19.6 Å². The van der Waals surface area contributed by atoms with Gasteiger partial charge in [0.15, 0.2) is 4.80 Å². The number of benzene rings is 3. The van der Waals surface area contributed by atoms with Crippen LogP contribution in [-0.2, 0) is 9.53 Å². The van der Waals surface area contributed by atoms with E-state index in [-0.39, 0.29) is 18.8 Å². The minimum atomic E-state index is -0.720. The minimum Gasteiger partial charge on any atom is -0.479 e. The summed E-state index contributed by atoms with van der Waals surface area (Å²) >= 11 is 5.70. The average molecular weight is 772 g/mol. The Balaban J connectivity index is 1.82. The zero-order chi connectivity index (χ0) is 28.2. The van der Waals surface area contributed by atoms with Crippen molar-refractivity contribution in [2.24, 2.45) is 4.99 Å². The number of ether oxygens (including phenoxy) is 2. The fourth-order valence-corrected chi connectivity index (χ4v) is 7.52. The van der Waals surface area contributed by atoms with Crippen molar-refractivity contribution >= 4 is 74.3 Å². The van der Waals surface area contributed by atoms with E-state index in [1.54, 1.807) is 17.6 Å². The Morgan fingerprint density at radius 3 is 2.50 bits per heavy atom. The molecule has 40 heavy (non-hydrogen) atoms. The van der Waals surface area contributed by atoms with E-state index in [1.165, 1.54) is 11.3 Å². The van der Waals surface area contributed by atoms with Crippen molar-refractivity contribution in [1.29, 1.82) is 0 Å². The number of rotatable bonds is 7. The van der Waals surface area contributed by atoms with Crippen LogP contribution in [0.25, 0.3) is 11.8 Å². The number of esters is 1. The van der Waals surface area contributed by atoms with Gasteiger partial charge < -0.3 is 9.47 Å². The molecule has 0 amide bonds. The van der Waals surface area contributed by atoms with Crippen LogP contribution in [0.4, 0.5) is 0 Å². The number of aromatic nitrogens is 1. The molecule has 0 aliphatic carbocycles. The molecule has 0 fully saturated rings. The first-order valence-electron chi connectivity index (χ1n) is 12.3. The lowest BCUT2D eigenvalue weighted by atomic mass is 9.93. The SMILES string of the molecule is C#CCOc1c(I)cc(I)cc1/C=c1\sc2n(c1=O)[C@H](c1ccccc1)C(C(=O)OCC)=C(c1ccccc1)N=2. The number of hydrogen-bond donors (Lipinski definition) is 0. The predicted octanol–water partition coefficient (Wildman–Crippen LogP) is 5.16. The molecule has 1 atom stereocenters. The number of hydrogen-bond acceptors (Lipinski definition) is 6. The van der Waals surface area contributed by atoms with E-state index in [0.29, 0.717) is 26.4 Å². The van der Waals surface area contributed by atoms with Crippen LogP contribution in [0.3, 0.4) is 0 Å². The standard InChI is InChI=1S/C31H22I2N2O4S/c1-3-15-39-28-21(16-22(32)18-23(28)33)17-24-29(36)35-27(20-13-9-6-10-14-20)25(30(37)38-4-2)26(34-31(35)40-24)19-11-7-5-8-12-19/h1,5-14,16-18,27H,4,15H2,2H3/b24-17-/t27-/m1/s1. The Bertz CT molecular complexity index is 1840. The smallest absolute Gasteiger partial charge is 0.338 e. The van der Waals surface area contributed by atoms with Crippen molar-refractivity contribution in [2.75, 3.05) is 13.2 Å². The number of fused-ring (bicyclic) bond motifs is 1. The van der Waals surface area contributed by atoms with Crippen molar-refractivity contribution in [1.82, 2.24) is 4.57 Å². The maximum atomic E-state index is 14.1. The van der Waals surface area contributed by atoms with Crippen LogP contribution in [0, 0.1) is 19.5 Å². The van der Waals surface area contributed by atoms with Gasteiger partial charge in [-0.1, -0.05) is 77.9 Å². The second kappa shape index (κ2) is 12.5. The number of thiazole rings is 1. The molecule has 5 rings (SSSR count). The summed E-state index contributed by atoms with van der Waals surface area (Å²) in [6.45, 7) is 2.06. The number of carbonyl (C=O) groups is 1. The summed E-state index contributed by atoms with van der Waals surface area (Å²) < 4.78 is 15.3. The van der Waals surface area contributed by atoms with E-state index < -0.39 is 12.0 Å². The fourth-order valence-electron chi connectivity index (χ4n) is 4.49. The molecule has 1 aliphatic heterocycles. The molecular formula is C31H22I2N2O4S. The first-order chi connectivity index (χ1) is 19.4. The van der Waals surface area contributed by atoms with Gasteiger partial charge in [-0.2, -0.15) is 0 Å². The normalized spacial score (nSPS) is 14.8. The summed E-state index contributed by atoms with van der Waals surface area (Å²) in [6.07, 6.45) is 7.25. The molecule has 0 spiro atoms. The largest absolute Gasteiger partial charge is 0.479 e. The maximum Gasteiger partial charge on any atom is 0.338 e. The van der Waals surface area contributed by atoms with Crippen LogP contribution in [0.1, 0.15) is 29.7 Å². The Hall–Kier alpha value is -3.21. The summed E-state index contributed by atoms with van der Waals surface area (Å²) in [6, 6.07) is 22.2. The Labute approximate surface area is 262 Å². The monoisotopic (exact) mass is 772 g/mol. The minimum absolute atomic E-state index is 0.107. The first-order valence-corrected chi connectivity index (χ1v) is 15.3. The highest BCUT2D eigenvalue weighted by molar-refractivity contribution is 14.1. The molecule has 4 aromatic rings. The van der Waals surface area contributed by atoms with Crippen molar-refractivity contribution in [2.45, 2.75) is 13.0 Å². The summed E-state index contributed by atoms with van der Waals surface area (Å²) in [5.41, 5.74) is 2.83. The van der Waals surface area contributed by atoms with E-state index >= 15 is 0 Å². The van der Waals surface area contributed by atoms with Gasteiger partial charge in [-0.3, -0.25) is 9.36 Å². The molecule has 1 aliphatic rings. The van der Waals surface area contributed by atoms with Gasteiger partial charge in [0.05, 0.1) is 32.0 Å². The third-order valence-electron chi connectivity index (χ3n) is 6.11. The first kappa shape index (κ1) is 28.3. The van der Waals surface area contributed by atoms with Gasteiger partial charge in [0.2, 0.25) is 0 Å². The van der Waals surface area contributed by atoms with Gasteiger partial charge >= 0.3 is 5.97 Å². The van der Waals surface area contributed by atoms with Gasteiger partial charge in [0.25, 0.3) is 5.56 Å². The number of carbonyl (C=O) groups excluding carboxylic acids is 1. The molecule has 6 nitrogen and oxygen atoms in total. The molecule has 2 heterocycles. The van der Waals surface area contributed by atoms with Crippen molar-refractivity contribution in [3.8, 4) is 18.1 Å². The molecule has 3 aromatic carbocycles. The van der Waals surface area contributed by atoms with Gasteiger partial charge in [0, 0.05) is 14.7 Å². The zero-order valence-corrected chi connectivity index (χ0v) is 26.4. The molecule has 0 radical (unpaired) electrons. The molecule has 0 saturated carbocycles. The fraction of sp³-hybridized carbons (Fsp3) is 0.129. The Morgan fingerprint density at radius 1 is 1.12 bits per heavy atom. The van der Waals surface area contributed by atoms with Crippen LogP contribution in [-0.4, -0.2) is 23.8 Å². The summed E-state index contributed by atoms with van der Waals surface area (Å²) in [5.74, 6) is 2.61. The third-order valence-corrected chi connectivity index (χ3v) is 8.52. The van der Waals surface area contributed by atoms with Gasteiger partial charge in [-0.05, 0) is 75.9 Å². The van der Waals surface area contributed by atoms with Gasteiger partial charge in [0.1, 0.15) is 12.4 Å². The van der Waals surface area contributed by atoms with Gasteiger partial charge in [-0.15, -0.1) is 6.42 Å². The molecular weight excluding hydrogens is 750 g/mol. The second-order valence-electron chi connectivity index (χ2n) is 8.64. The predicted molar refractivity (Wildman–Crippen MR) is 174 cm³/mol. The van der Waals surface area contributed by atoms with E-state index in [0.717, 1.165) is 23.8 Å². The Kier molecular flexibility index (Phi) is 8.87. The zero-order valence-electron chi connectivity index (χ0n) is 21.3. The summed E-state index contributed by atoms with van der Waals surface area (Å²) in [4.78, 5) is 33.0. The van der Waals surface area contributed by atoms with E-state index in [4.69, 9.17) is 20.9 Å². The Morgan fingerprint density at radius 2 is 1.82 bits per heavy atom. The topological polar surface area (TPSA) is 69.9 Å². The van der Waals surface area contributed by atoms with Crippen molar-refractivity contribution in [3.63, 3.8) is 0 Å². The lowest BCUT2D eigenvalue weighted by Gasteiger charge is -2.25. The molecule has 0 bridgehead atoms. The highest BCUT2D eigenvalue weighted by Crippen LogP contribution is 2.35. The molecule has 9 heteroatoms. The maximum absolute atomic E-state index is 14.1. The van der Waals surface area contributed by atoms with Crippen molar-refractivity contribution < 1.29 is 14.3 Å². The molecule has 0 unspecified atom stereocenters. The number of halogens is 2.